The van der Waals surface area contributed by atoms with Gasteiger partial charge in [-0.25, -0.2) is 0 Å². The molecule has 0 fully saturated rings. The molecule has 60 valence electrons. The third-order valence-corrected chi connectivity index (χ3v) is 2.46. The first-order valence-electron chi connectivity index (χ1n) is 3.78. The van der Waals surface area contributed by atoms with E-state index in [1.54, 1.807) is 0 Å². The van der Waals surface area contributed by atoms with Gasteiger partial charge in [0, 0.05) is 0 Å². The van der Waals surface area contributed by atoms with Crippen molar-refractivity contribution in [2.75, 3.05) is 0 Å². The molecule has 0 aliphatic rings. The fraction of sp³-hybridized carbons (Fsp3) is 0.556. The fourth-order valence-electron chi connectivity index (χ4n) is 0.956. The number of allylic oxidation sites excluding steroid dienone is 2. The molecule has 0 radical (unpaired) electrons. The van der Waals surface area contributed by atoms with Crippen LogP contribution in [0.4, 0.5) is 0 Å². The Balaban J connectivity index is 0. The Hall–Kier alpha value is 0.976. The minimum Gasteiger partial charge on any atom is -1.00 e. The third kappa shape index (κ3) is 7.34. The van der Waals surface area contributed by atoms with Crippen LogP contribution in [0.1, 0.15) is 19.8 Å². The topological polar surface area (TPSA) is 0 Å². The van der Waals surface area contributed by atoms with Gasteiger partial charge in [0.05, 0.1) is 0 Å². The van der Waals surface area contributed by atoms with E-state index in [9.17, 15) is 0 Å². The summed E-state index contributed by atoms with van der Waals surface area (Å²) in [7, 11) is 0. The fourth-order valence-corrected chi connectivity index (χ4v) is 1.74. The van der Waals surface area contributed by atoms with Crippen LogP contribution in [0.25, 0.3) is 0 Å². The number of hydrogen-bond donors (Lipinski definition) is 0. The van der Waals surface area contributed by atoms with Crippen molar-refractivity contribution in [3.63, 3.8) is 0 Å². The predicted octanol–water partition coefficient (Wildman–Crippen LogP) is -0.264. The van der Waals surface area contributed by atoms with Crippen molar-refractivity contribution in [2.24, 2.45) is 5.92 Å². The van der Waals surface area contributed by atoms with E-state index in [1.165, 1.54) is 16.5 Å². The van der Waals surface area contributed by atoms with Crippen LogP contribution in [0.3, 0.4) is 0 Å². The van der Waals surface area contributed by atoms with Crippen LogP contribution in [-0.2, 0) is 0 Å². The molecule has 0 rings (SSSR count). The molecule has 0 spiro atoms. The van der Waals surface area contributed by atoms with Gasteiger partial charge in [-0.2, -0.15) is 0 Å². The van der Waals surface area contributed by atoms with Crippen molar-refractivity contribution in [3.05, 3.63) is 24.8 Å². The molecule has 0 saturated heterocycles. The molecular formula is C9H15IMg. The monoisotopic (exact) mass is 274 g/mol. The van der Waals surface area contributed by atoms with Crippen LogP contribution in [0.5, 0.6) is 0 Å². The molecule has 0 saturated carbocycles. The molecule has 0 aliphatic carbocycles. The van der Waals surface area contributed by atoms with E-state index in [-0.39, 0.29) is 24.0 Å². The summed E-state index contributed by atoms with van der Waals surface area (Å²) < 4.78 is 1.24. The zero-order valence-electron chi connectivity index (χ0n) is 7.28. The standard InChI is InChI=1S/C9H15.HI.Mg/c1-5-6-7-9(4)8(2)3;;/h5,9H,1-2,4,6-7H2,3H3;1H;/q;;+1/p-1. The average molecular weight is 274 g/mol. The van der Waals surface area contributed by atoms with Gasteiger partial charge in [-0.15, -0.1) is 0 Å². The van der Waals surface area contributed by atoms with Crippen LogP contribution in [0.2, 0.25) is 4.55 Å². The second-order valence-electron chi connectivity index (χ2n) is 2.70. The van der Waals surface area contributed by atoms with Crippen molar-refractivity contribution in [1.82, 2.24) is 0 Å². The van der Waals surface area contributed by atoms with E-state index in [0.29, 0.717) is 0 Å². The zero-order valence-corrected chi connectivity index (χ0v) is 10.8. The Morgan fingerprint density at radius 1 is 1.64 bits per heavy atom. The van der Waals surface area contributed by atoms with Crippen LogP contribution in [0.15, 0.2) is 24.8 Å². The van der Waals surface area contributed by atoms with Crippen molar-refractivity contribution in [1.29, 1.82) is 0 Å². The third-order valence-electron chi connectivity index (χ3n) is 1.76. The van der Waals surface area contributed by atoms with Gasteiger partial charge in [0.2, 0.25) is 0 Å². The molecule has 2 heteroatoms. The normalized spacial score (nSPS) is 11.5. The van der Waals surface area contributed by atoms with Gasteiger partial charge >= 0.3 is 76.7 Å². The van der Waals surface area contributed by atoms with E-state index in [4.69, 9.17) is 0 Å². The van der Waals surface area contributed by atoms with Crippen LogP contribution >= 0.6 is 0 Å². The molecule has 0 bridgehead atoms. The largest absolute Gasteiger partial charge is 1.00 e. The molecule has 0 aromatic rings. The molecule has 0 nitrogen and oxygen atoms in total. The summed E-state index contributed by atoms with van der Waals surface area (Å²) in [5.41, 5.74) is 1.32. The van der Waals surface area contributed by atoms with E-state index < -0.39 is 0 Å². The second kappa shape index (κ2) is 9.07. The molecule has 0 aromatic heterocycles. The SMILES string of the molecule is C=CCCC([CH2][Mg+])C(=C)C.[I-]. The van der Waals surface area contributed by atoms with Gasteiger partial charge in [-0.3, -0.25) is 0 Å². The quantitative estimate of drug-likeness (QED) is 0.368. The molecular weight excluding hydrogens is 259 g/mol. The summed E-state index contributed by atoms with van der Waals surface area (Å²) in [6, 6.07) is 0. The van der Waals surface area contributed by atoms with E-state index in [1.807, 2.05) is 27.8 Å². The van der Waals surface area contributed by atoms with Gasteiger partial charge in [0.15, 0.2) is 0 Å². The minimum absolute atomic E-state index is 0. The van der Waals surface area contributed by atoms with E-state index in [0.717, 1.165) is 12.3 Å². The maximum atomic E-state index is 3.95. The molecule has 0 N–H and O–H groups in total. The first-order chi connectivity index (χ1) is 4.72. The van der Waals surface area contributed by atoms with Crippen molar-refractivity contribution in [2.45, 2.75) is 24.3 Å². The summed E-state index contributed by atoms with van der Waals surface area (Å²) in [5, 5.41) is 0. The molecule has 0 aromatic carbocycles. The van der Waals surface area contributed by atoms with Crippen molar-refractivity contribution < 1.29 is 24.0 Å². The molecule has 11 heavy (non-hydrogen) atoms. The molecule has 1 atom stereocenters. The van der Waals surface area contributed by atoms with Crippen LogP contribution in [0, 0.1) is 5.92 Å². The van der Waals surface area contributed by atoms with E-state index in [2.05, 4.69) is 20.1 Å². The minimum atomic E-state index is 0. The summed E-state index contributed by atoms with van der Waals surface area (Å²) >= 11 is 2.03. The first-order valence-corrected chi connectivity index (χ1v) is 4.78. The number of rotatable bonds is 5. The number of hydrogen-bond acceptors (Lipinski definition) is 0. The Morgan fingerprint density at radius 3 is 2.45 bits per heavy atom. The van der Waals surface area contributed by atoms with Gasteiger partial charge in [-0.05, 0) is 0 Å². The second-order valence-corrected chi connectivity index (χ2v) is 3.28. The Kier molecular flexibility index (Phi) is 12.0. The zero-order chi connectivity index (χ0) is 7.98. The molecule has 1 unspecified atom stereocenters. The Morgan fingerprint density at radius 2 is 2.18 bits per heavy atom. The molecule has 0 heterocycles. The maximum Gasteiger partial charge on any atom is -1.00 e. The van der Waals surface area contributed by atoms with Crippen molar-refractivity contribution in [3.8, 4) is 0 Å². The summed E-state index contributed by atoms with van der Waals surface area (Å²) in [6.07, 6.45) is 4.33. The Bertz CT molecular complexity index is 121. The van der Waals surface area contributed by atoms with Gasteiger partial charge in [0.1, 0.15) is 0 Å². The number of halogens is 1. The van der Waals surface area contributed by atoms with Crippen LogP contribution in [-0.4, -0.2) is 21.7 Å². The van der Waals surface area contributed by atoms with Crippen molar-refractivity contribution >= 4 is 21.7 Å². The average Bonchev–Trinajstić information content (AvgIpc) is 1.89. The van der Waals surface area contributed by atoms with Crippen LogP contribution < -0.4 is 24.0 Å². The van der Waals surface area contributed by atoms with Gasteiger partial charge in [-0.1, -0.05) is 0 Å². The molecule has 0 amide bonds. The molecule has 0 aliphatic heterocycles. The smallest absolute Gasteiger partial charge is 1.00 e. The van der Waals surface area contributed by atoms with Gasteiger partial charge < -0.3 is 24.0 Å². The maximum absolute atomic E-state index is 3.95. The predicted molar refractivity (Wildman–Crippen MR) is 48.3 cm³/mol. The summed E-state index contributed by atoms with van der Waals surface area (Å²) in [5.74, 6) is 0.719. The first kappa shape index (κ1) is 14.5. The Labute approximate surface area is 100.0 Å². The summed E-state index contributed by atoms with van der Waals surface area (Å²) in [4.78, 5) is 0. The summed E-state index contributed by atoms with van der Waals surface area (Å²) in [6.45, 7) is 9.76. The van der Waals surface area contributed by atoms with E-state index >= 15 is 0 Å². The van der Waals surface area contributed by atoms with Gasteiger partial charge in [0.25, 0.3) is 0 Å².